The summed E-state index contributed by atoms with van der Waals surface area (Å²) in [5, 5.41) is 18.2. The van der Waals surface area contributed by atoms with Crippen LogP contribution in [0, 0.1) is 11.3 Å². The standard InChI is InChI=1S/C17H12F6N4O/c1-3-11(16(18,19)20)6-9(2)28-14-5-4-10(7-12(14)17(21,22)23)15-13(8-24)25-27-26-15/h3-7H,1-2H3,(H,25,26,27)/b9-6+,11-3+. The number of H-pyrrole nitrogens is 1. The lowest BCUT2D eigenvalue weighted by molar-refractivity contribution is -0.138. The number of alkyl halides is 6. The zero-order chi connectivity index (χ0) is 21.1. The van der Waals surface area contributed by atoms with E-state index in [0.717, 1.165) is 26.0 Å². The van der Waals surface area contributed by atoms with Gasteiger partial charge >= 0.3 is 12.4 Å². The Morgan fingerprint density at radius 1 is 1.18 bits per heavy atom. The summed E-state index contributed by atoms with van der Waals surface area (Å²) in [7, 11) is 0. The number of aromatic amines is 1. The lowest BCUT2D eigenvalue weighted by Gasteiger charge is -2.16. The third kappa shape index (κ3) is 4.70. The molecule has 0 aliphatic heterocycles. The fourth-order valence-corrected chi connectivity index (χ4v) is 2.25. The number of halogens is 6. The zero-order valence-corrected chi connectivity index (χ0v) is 14.4. The number of nitrogens with one attached hydrogen (secondary N) is 1. The third-order valence-electron chi connectivity index (χ3n) is 3.48. The predicted molar refractivity (Wildman–Crippen MR) is 85.7 cm³/mol. The molecule has 0 fully saturated rings. The van der Waals surface area contributed by atoms with Gasteiger partial charge in [0.1, 0.15) is 23.3 Å². The van der Waals surface area contributed by atoms with Gasteiger partial charge in [-0.25, -0.2) is 0 Å². The molecule has 2 rings (SSSR count). The van der Waals surface area contributed by atoms with Gasteiger partial charge in [-0.3, -0.25) is 0 Å². The van der Waals surface area contributed by atoms with Crippen LogP contribution in [0.4, 0.5) is 26.3 Å². The molecule has 1 aromatic heterocycles. The van der Waals surface area contributed by atoms with E-state index in [4.69, 9.17) is 10.00 Å². The van der Waals surface area contributed by atoms with Crippen molar-refractivity contribution < 1.29 is 31.1 Å². The molecule has 0 amide bonds. The number of nitrogens with zero attached hydrogens (tertiary/aromatic N) is 3. The minimum Gasteiger partial charge on any atom is -0.461 e. The Bertz CT molecular complexity index is 963. The van der Waals surface area contributed by atoms with E-state index in [1.807, 2.05) is 0 Å². The highest BCUT2D eigenvalue weighted by Gasteiger charge is 2.36. The van der Waals surface area contributed by atoms with Crippen molar-refractivity contribution in [1.82, 2.24) is 15.4 Å². The highest BCUT2D eigenvalue weighted by atomic mass is 19.4. The van der Waals surface area contributed by atoms with Crippen LogP contribution in [0.2, 0.25) is 0 Å². The molecule has 0 saturated carbocycles. The van der Waals surface area contributed by atoms with Crippen LogP contribution in [0.5, 0.6) is 5.75 Å². The summed E-state index contributed by atoms with van der Waals surface area (Å²) in [5.41, 5.74) is -2.66. The summed E-state index contributed by atoms with van der Waals surface area (Å²) >= 11 is 0. The van der Waals surface area contributed by atoms with Crippen LogP contribution in [0.1, 0.15) is 25.1 Å². The number of hydrogen-bond acceptors (Lipinski definition) is 4. The van der Waals surface area contributed by atoms with Crippen molar-refractivity contribution in [2.75, 3.05) is 0 Å². The number of allylic oxidation sites excluding steroid dienone is 4. The van der Waals surface area contributed by atoms with E-state index in [9.17, 15) is 26.3 Å². The quantitative estimate of drug-likeness (QED) is 0.436. The van der Waals surface area contributed by atoms with Crippen LogP contribution in [0.3, 0.4) is 0 Å². The molecule has 0 bridgehead atoms. The van der Waals surface area contributed by atoms with Gasteiger partial charge in [0.15, 0.2) is 5.69 Å². The molecule has 5 nitrogen and oxygen atoms in total. The predicted octanol–water partition coefficient (Wildman–Crippen LogP) is 5.15. The van der Waals surface area contributed by atoms with Gasteiger partial charge in [0.2, 0.25) is 0 Å². The van der Waals surface area contributed by atoms with Crippen molar-refractivity contribution in [2.24, 2.45) is 0 Å². The van der Waals surface area contributed by atoms with Crippen molar-refractivity contribution >= 4 is 0 Å². The van der Waals surface area contributed by atoms with E-state index in [-0.39, 0.29) is 22.7 Å². The first kappa shape index (κ1) is 21.0. The number of hydrogen-bond donors (Lipinski definition) is 1. The molecular formula is C17H12F6N4O. The fraction of sp³-hybridized carbons (Fsp3) is 0.235. The molecule has 28 heavy (non-hydrogen) atoms. The maximum atomic E-state index is 13.4. The first-order valence-corrected chi connectivity index (χ1v) is 7.59. The van der Waals surface area contributed by atoms with Crippen molar-refractivity contribution in [2.45, 2.75) is 26.2 Å². The first-order valence-electron chi connectivity index (χ1n) is 7.59. The topological polar surface area (TPSA) is 74.6 Å². The van der Waals surface area contributed by atoms with Gasteiger partial charge in [-0.15, -0.1) is 5.10 Å². The van der Waals surface area contributed by atoms with Gasteiger partial charge < -0.3 is 4.74 Å². The molecule has 11 heteroatoms. The number of rotatable bonds is 4. The maximum absolute atomic E-state index is 13.4. The normalized spacial score (nSPS) is 13.4. The van der Waals surface area contributed by atoms with E-state index in [2.05, 4.69) is 15.4 Å². The Balaban J connectivity index is 2.47. The Labute approximate surface area is 154 Å². The fourth-order valence-electron chi connectivity index (χ4n) is 2.25. The van der Waals surface area contributed by atoms with Gasteiger partial charge in [-0.1, -0.05) is 6.08 Å². The second-order valence-electron chi connectivity index (χ2n) is 5.44. The first-order chi connectivity index (χ1) is 13.0. The van der Waals surface area contributed by atoms with Gasteiger partial charge in [0.05, 0.1) is 11.1 Å². The molecule has 1 heterocycles. The van der Waals surface area contributed by atoms with E-state index in [1.165, 1.54) is 6.07 Å². The molecule has 1 aromatic carbocycles. The average molecular weight is 402 g/mol. The van der Waals surface area contributed by atoms with E-state index < -0.39 is 29.2 Å². The highest BCUT2D eigenvalue weighted by molar-refractivity contribution is 5.66. The molecule has 0 saturated heterocycles. The van der Waals surface area contributed by atoms with Gasteiger partial charge in [-0.2, -0.15) is 41.9 Å². The summed E-state index contributed by atoms with van der Waals surface area (Å²) in [6.07, 6.45) is -8.17. The highest BCUT2D eigenvalue weighted by Crippen LogP contribution is 2.39. The number of ether oxygens (including phenoxy) is 1. The van der Waals surface area contributed by atoms with Crippen LogP contribution in [-0.4, -0.2) is 21.6 Å². The largest absolute Gasteiger partial charge is 0.461 e. The van der Waals surface area contributed by atoms with Crippen molar-refractivity contribution in [3.05, 3.63) is 52.9 Å². The Morgan fingerprint density at radius 2 is 1.86 bits per heavy atom. The maximum Gasteiger partial charge on any atom is 0.420 e. The molecule has 148 valence electrons. The Morgan fingerprint density at radius 3 is 2.39 bits per heavy atom. The molecule has 1 N–H and O–H groups in total. The summed E-state index contributed by atoms with van der Waals surface area (Å²) in [6.45, 7) is 2.25. The minimum absolute atomic E-state index is 0.0592. The van der Waals surface area contributed by atoms with Crippen LogP contribution in [-0.2, 0) is 6.18 Å². The summed E-state index contributed by atoms with van der Waals surface area (Å²) < 4.78 is 83.6. The Kier molecular flexibility index (Phi) is 5.82. The molecule has 2 aromatic rings. The van der Waals surface area contributed by atoms with Crippen LogP contribution >= 0.6 is 0 Å². The summed E-state index contributed by atoms with van der Waals surface area (Å²) in [4.78, 5) is 0. The lowest BCUT2D eigenvalue weighted by Crippen LogP contribution is -2.12. The molecule has 0 aliphatic rings. The third-order valence-corrected chi connectivity index (χ3v) is 3.48. The SMILES string of the molecule is C/C=C(\C=C(/C)Oc1ccc(-c2n[nH]nc2C#N)cc1C(F)(F)F)C(F)(F)F. The number of aromatic nitrogens is 3. The van der Waals surface area contributed by atoms with Crippen molar-refractivity contribution in [3.8, 4) is 23.1 Å². The smallest absolute Gasteiger partial charge is 0.420 e. The lowest BCUT2D eigenvalue weighted by atomic mass is 10.1. The number of nitriles is 1. The Hall–Kier alpha value is -3.29. The monoisotopic (exact) mass is 402 g/mol. The molecule has 0 spiro atoms. The molecule has 0 atom stereocenters. The van der Waals surface area contributed by atoms with Gasteiger partial charge in [0.25, 0.3) is 0 Å². The van der Waals surface area contributed by atoms with Crippen molar-refractivity contribution in [1.29, 1.82) is 5.26 Å². The van der Waals surface area contributed by atoms with E-state index in [0.29, 0.717) is 12.1 Å². The summed E-state index contributed by atoms with van der Waals surface area (Å²) in [5.74, 6) is -1.08. The molecule has 0 radical (unpaired) electrons. The average Bonchev–Trinajstić information content (AvgIpc) is 3.06. The minimum atomic E-state index is -4.87. The number of benzene rings is 1. The molecule has 0 unspecified atom stereocenters. The molecule has 0 aliphatic carbocycles. The zero-order valence-electron chi connectivity index (χ0n) is 14.4. The van der Waals surface area contributed by atoms with Crippen LogP contribution in [0.15, 0.2) is 41.7 Å². The molecular weight excluding hydrogens is 390 g/mol. The van der Waals surface area contributed by atoms with Gasteiger partial charge in [0, 0.05) is 5.56 Å². The van der Waals surface area contributed by atoms with E-state index in [1.54, 1.807) is 6.07 Å². The van der Waals surface area contributed by atoms with Gasteiger partial charge in [-0.05, 0) is 38.1 Å². The second kappa shape index (κ2) is 7.75. The second-order valence-corrected chi connectivity index (χ2v) is 5.44. The van der Waals surface area contributed by atoms with Crippen LogP contribution in [0.25, 0.3) is 11.3 Å². The van der Waals surface area contributed by atoms with Crippen LogP contribution < -0.4 is 4.74 Å². The van der Waals surface area contributed by atoms with E-state index >= 15 is 0 Å². The van der Waals surface area contributed by atoms with Crippen molar-refractivity contribution in [3.63, 3.8) is 0 Å². The summed E-state index contributed by atoms with van der Waals surface area (Å²) in [6, 6.07) is 4.49.